The van der Waals surface area contributed by atoms with E-state index in [1.165, 1.54) is 0 Å². The van der Waals surface area contributed by atoms with Crippen LogP contribution in [0.3, 0.4) is 0 Å². The molecule has 1 amide bonds. The van der Waals surface area contributed by atoms with Gasteiger partial charge in [-0.3, -0.25) is 4.79 Å². The van der Waals surface area contributed by atoms with Crippen LogP contribution in [0, 0.1) is 0 Å². The lowest BCUT2D eigenvalue weighted by atomic mass is 10.00. The third kappa shape index (κ3) is 2.85. The molecule has 0 fully saturated rings. The molecule has 4 heteroatoms. The number of hydrogen-bond acceptors (Lipinski definition) is 3. The summed E-state index contributed by atoms with van der Waals surface area (Å²) in [7, 11) is 0. The van der Waals surface area contributed by atoms with Crippen molar-refractivity contribution < 1.29 is 9.53 Å². The molecule has 1 atom stereocenters. The second-order valence-corrected chi connectivity index (χ2v) is 4.16. The maximum absolute atomic E-state index is 10.6. The number of ether oxygens (including phenoxy) is 1. The average Bonchev–Trinajstić information content (AvgIpc) is 2.37. The van der Waals surface area contributed by atoms with Crippen molar-refractivity contribution in [3.8, 4) is 0 Å². The van der Waals surface area contributed by atoms with Gasteiger partial charge in [0, 0.05) is 0 Å². The Labute approximate surface area is 106 Å². The molecule has 94 valence electrons. The molecule has 0 aliphatic rings. The highest BCUT2D eigenvalue weighted by Gasteiger charge is 2.10. The standard InChI is InChI=1S/C14H16N2O2/c15-13(8-18-9-14(16)17)12-7-3-5-10-4-1-2-6-11(10)12/h1-7,13H,8-9,15H2,(H2,16,17). The van der Waals surface area contributed by atoms with E-state index in [0.717, 1.165) is 16.3 Å². The van der Waals surface area contributed by atoms with E-state index in [1.807, 2.05) is 42.5 Å². The van der Waals surface area contributed by atoms with Crippen molar-refractivity contribution >= 4 is 16.7 Å². The van der Waals surface area contributed by atoms with Gasteiger partial charge in [0.1, 0.15) is 6.61 Å². The van der Waals surface area contributed by atoms with Gasteiger partial charge < -0.3 is 16.2 Å². The van der Waals surface area contributed by atoms with Crippen LogP contribution in [0.2, 0.25) is 0 Å². The van der Waals surface area contributed by atoms with Crippen molar-refractivity contribution in [1.29, 1.82) is 0 Å². The van der Waals surface area contributed by atoms with E-state index in [1.54, 1.807) is 0 Å². The summed E-state index contributed by atoms with van der Waals surface area (Å²) in [6, 6.07) is 13.7. The minimum atomic E-state index is -0.486. The van der Waals surface area contributed by atoms with Crippen molar-refractivity contribution in [1.82, 2.24) is 0 Å². The number of fused-ring (bicyclic) bond motifs is 1. The van der Waals surface area contributed by atoms with Crippen LogP contribution in [0.4, 0.5) is 0 Å². The van der Waals surface area contributed by atoms with Crippen LogP contribution < -0.4 is 11.5 Å². The minimum absolute atomic E-state index is 0.0987. The van der Waals surface area contributed by atoms with Gasteiger partial charge in [0.2, 0.25) is 5.91 Å². The summed E-state index contributed by atoms with van der Waals surface area (Å²) in [6.45, 7) is 0.176. The first-order valence-corrected chi connectivity index (χ1v) is 5.78. The van der Waals surface area contributed by atoms with Crippen LogP contribution >= 0.6 is 0 Å². The number of benzene rings is 2. The molecular formula is C14H16N2O2. The molecule has 2 aromatic rings. The lowest BCUT2D eigenvalue weighted by Gasteiger charge is -2.14. The maximum Gasteiger partial charge on any atom is 0.243 e. The zero-order valence-electron chi connectivity index (χ0n) is 10.0. The summed E-state index contributed by atoms with van der Waals surface area (Å²) in [5.74, 6) is -0.486. The largest absolute Gasteiger partial charge is 0.370 e. The zero-order valence-corrected chi connectivity index (χ0v) is 10.0. The molecule has 4 nitrogen and oxygen atoms in total. The molecule has 0 heterocycles. The molecule has 2 rings (SSSR count). The number of carbonyl (C=O) groups excluding carboxylic acids is 1. The van der Waals surface area contributed by atoms with E-state index >= 15 is 0 Å². The van der Waals surface area contributed by atoms with Gasteiger partial charge in [-0.2, -0.15) is 0 Å². The van der Waals surface area contributed by atoms with Gasteiger partial charge in [0.05, 0.1) is 12.6 Å². The Bertz CT molecular complexity index is 549. The summed E-state index contributed by atoms with van der Waals surface area (Å²) in [6.07, 6.45) is 0. The second kappa shape index (κ2) is 5.62. The third-order valence-corrected chi connectivity index (χ3v) is 2.76. The number of amides is 1. The molecule has 0 saturated carbocycles. The van der Waals surface area contributed by atoms with Crippen LogP contribution in [0.15, 0.2) is 42.5 Å². The molecule has 0 aliphatic carbocycles. The second-order valence-electron chi connectivity index (χ2n) is 4.16. The lowest BCUT2D eigenvalue weighted by molar-refractivity contribution is -0.122. The van der Waals surface area contributed by atoms with Crippen LogP contribution in [-0.4, -0.2) is 19.1 Å². The molecule has 0 bridgehead atoms. The fraction of sp³-hybridized carbons (Fsp3) is 0.214. The summed E-state index contributed by atoms with van der Waals surface area (Å²) >= 11 is 0. The Morgan fingerprint density at radius 2 is 1.89 bits per heavy atom. The summed E-state index contributed by atoms with van der Waals surface area (Å²) in [5, 5.41) is 2.25. The van der Waals surface area contributed by atoms with Gasteiger partial charge in [-0.05, 0) is 16.3 Å². The topological polar surface area (TPSA) is 78.3 Å². The van der Waals surface area contributed by atoms with E-state index in [0.29, 0.717) is 0 Å². The fourth-order valence-corrected chi connectivity index (χ4v) is 1.95. The molecule has 0 spiro atoms. The smallest absolute Gasteiger partial charge is 0.243 e. The zero-order chi connectivity index (χ0) is 13.0. The van der Waals surface area contributed by atoms with Crippen molar-refractivity contribution in [2.75, 3.05) is 13.2 Å². The molecule has 1 unspecified atom stereocenters. The minimum Gasteiger partial charge on any atom is -0.370 e. The van der Waals surface area contributed by atoms with Crippen molar-refractivity contribution in [2.24, 2.45) is 11.5 Å². The Morgan fingerprint density at radius 1 is 1.17 bits per heavy atom. The van der Waals surface area contributed by atoms with E-state index < -0.39 is 5.91 Å². The molecule has 0 aromatic heterocycles. The first-order chi connectivity index (χ1) is 8.68. The van der Waals surface area contributed by atoms with Crippen LogP contribution in [0.1, 0.15) is 11.6 Å². The summed E-state index contributed by atoms with van der Waals surface area (Å²) in [4.78, 5) is 10.6. The van der Waals surface area contributed by atoms with E-state index in [2.05, 4.69) is 0 Å². The Balaban J connectivity index is 2.17. The van der Waals surface area contributed by atoms with Crippen LogP contribution in [0.25, 0.3) is 10.8 Å². The lowest BCUT2D eigenvalue weighted by Crippen LogP contribution is -2.23. The molecule has 2 aromatic carbocycles. The highest BCUT2D eigenvalue weighted by atomic mass is 16.5. The average molecular weight is 244 g/mol. The van der Waals surface area contributed by atoms with Gasteiger partial charge in [0.25, 0.3) is 0 Å². The number of nitrogens with two attached hydrogens (primary N) is 2. The number of carbonyl (C=O) groups is 1. The molecule has 0 saturated heterocycles. The van der Waals surface area contributed by atoms with Gasteiger partial charge in [0.15, 0.2) is 0 Å². The predicted octanol–water partition coefficient (Wildman–Crippen LogP) is 1.34. The summed E-state index contributed by atoms with van der Waals surface area (Å²) in [5.41, 5.74) is 12.1. The Morgan fingerprint density at radius 3 is 2.67 bits per heavy atom. The monoisotopic (exact) mass is 244 g/mol. The molecule has 18 heavy (non-hydrogen) atoms. The predicted molar refractivity (Wildman–Crippen MR) is 70.9 cm³/mol. The third-order valence-electron chi connectivity index (χ3n) is 2.76. The highest BCUT2D eigenvalue weighted by Crippen LogP contribution is 2.23. The van der Waals surface area contributed by atoms with E-state index in [4.69, 9.17) is 16.2 Å². The van der Waals surface area contributed by atoms with Crippen LogP contribution in [-0.2, 0) is 9.53 Å². The summed E-state index contributed by atoms with van der Waals surface area (Å²) < 4.78 is 5.16. The van der Waals surface area contributed by atoms with Crippen LogP contribution in [0.5, 0.6) is 0 Å². The van der Waals surface area contributed by atoms with E-state index in [-0.39, 0.29) is 19.3 Å². The number of hydrogen-bond donors (Lipinski definition) is 2. The Hall–Kier alpha value is -1.91. The Kier molecular flexibility index (Phi) is 3.92. The number of rotatable bonds is 5. The van der Waals surface area contributed by atoms with Crippen molar-refractivity contribution in [3.63, 3.8) is 0 Å². The fourth-order valence-electron chi connectivity index (χ4n) is 1.95. The van der Waals surface area contributed by atoms with Crippen molar-refractivity contribution in [2.45, 2.75) is 6.04 Å². The first-order valence-electron chi connectivity index (χ1n) is 5.78. The molecule has 0 aliphatic heterocycles. The molecule has 0 radical (unpaired) electrons. The van der Waals surface area contributed by atoms with Gasteiger partial charge in [-0.15, -0.1) is 0 Å². The van der Waals surface area contributed by atoms with Gasteiger partial charge in [-0.25, -0.2) is 0 Å². The molecular weight excluding hydrogens is 228 g/mol. The highest BCUT2D eigenvalue weighted by molar-refractivity contribution is 5.86. The van der Waals surface area contributed by atoms with E-state index in [9.17, 15) is 4.79 Å². The SMILES string of the molecule is NC(=O)COCC(N)c1cccc2ccccc12. The normalized spacial score (nSPS) is 12.5. The van der Waals surface area contributed by atoms with Gasteiger partial charge >= 0.3 is 0 Å². The van der Waals surface area contributed by atoms with Gasteiger partial charge in [-0.1, -0.05) is 42.5 Å². The maximum atomic E-state index is 10.6. The first kappa shape index (κ1) is 12.5. The molecule has 4 N–H and O–H groups in total. The number of primary amides is 1. The van der Waals surface area contributed by atoms with Crippen molar-refractivity contribution in [3.05, 3.63) is 48.0 Å². The quantitative estimate of drug-likeness (QED) is 0.833.